The van der Waals surface area contributed by atoms with Gasteiger partial charge >= 0.3 is 0 Å². The first-order valence-corrected chi connectivity index (χ1v) is 6.76. The summed E-state index contributed by atoms with van der Waals surface area (Å²) in [6.07, 6.45) is 4.46. The van der Waals surface area contributed by atoms with Crippen LogP contribution in [0.1, 0.15) is 46.5 Å². The first kappa shape index (κ1) is 13.4. The zero-order valence-electron chi connectivity index (χ0n) is 10.6. The van der Waals surface area contributed by atoms with Gasteiger partial charge in [-0.15, -0.1) is 0 Å². The van der Waals surface area contributed by atoms with Crippen LogP contribution in [0.5, 0.6) is 0 Å². The number of nitrogens with zero attached hydrogens (tertiary/aromatic N) is 2. The van der Waals surface area contributed by atoms with Gasteiger partial charge in [0.25, 0.3) is 0 Å². The van der Waals surface area contributed by atoms with Crippen LogP contribution in [0.4, 0.5) is 0 Å². The average Bonchev–Trinajstić information content (AvgIpc) is 2.30. The third-order valence-electron chi connectivity index (χ3n) is 3.70. The lowest BCUT2D eigenvalue weighted by molar-refractivity contribution is 0.235. The van der Waals surface area contributed by atoms with Crippen LogP contribution in [0.2, 0.25) is 0 Å². The Hall–Kier alpha value is -0.620. The molecule has 16 heavy (non-hydrogen) atoms. The van der Waals surface area contributed by atoms with Gasteiger partial charge in [0.1, 0.15) is 6.04 Å². The highest BCUT2D eigenvalue weighted by Gasteiger charge is 2.31. The molecule has 0 aromatic carbocycles. The Morgan fingerprint density at radius 3 is 2.62 bits per heavy atom. The number of hydrogen-bond acceptors (Lipinski definition) is 2. The highest BCUT2D eigenvalue weighted by Crippen LogP contribution is 2.26. The molecule has 0 amide bonds. The second kappa shape index (κ2) is 6.20. The molecule has 1 fully saturated rings. The predicted molar refractivity (Wildman–Crippen MR) is 71.2 cm³/mol. The summed E-state index contributed by atoms with van der Waals surface area (Å²) in [5, 5.41) is 9.36. The molecule has 0 aliphatic carbocycles. The fourth-order valence-corrected chi connectivity index (χ4v) is 2.85. The summed E-state index contributed by atoms with van der Waals surface area (Å²) < 4.78 is 0. The van der Waals surface area contributed by atoms with Crippen molar-refractivity contribution in [3.05, 3.63) is 0 Å². The van der Waals surface area contributed by atoms with Crippen molar-refractivity contribution in [1.29, 1.82) is 5.26 Å². The van der Waals surface area contributed by atoms with E-state index in [9.17, 15) is 5.26 Å². The van der Waals surface area contributed by atoms with Crippen LogP contribution in [0.15, 0.2) is 0 Å². The van der Waals surface area contributed by atoms with E-state index in [1.165, 1.54) is 12.8 Å². The van der Waals surface area contributed by atoms with Crippen LogP contribution < -0.4 is 0 Å². The summed E-state index contributed by atoms with van der Waals surface area (Å²) in [7, 11) is 0. The molecule has 1 aliphatic heterocycles. The van der Waals surface area contributed by atoms with Gasteiger partial charge in [-0.3, -0.25) is 0 Å². The standard InChI is InChI=1S/C13H22N2S/c1-4-11(5-2)12(9-14)15-8-6-7-10(3)13(15)16/h10-12H,4-8H2,1-3H3. The van der Waals surface area contributed by atoms with E-state index >= 15 is 0 Å². The lowest BCUT2D eigenvalue weighted by atomic mass is 9.90. The molecule has 0 spiro atoms. The Balaban J connectivity index is 2.79. The number of thiocarbonyl (C=S) groups is 1. The molecule has 2 nitrogen and oxygen atoms in total. The molecule has 0 aromatic heterocycles. The number of likely N-dealkylation sites (tertiary alicyclic amines) is 1. The van der Waals surface area contributed by atoms with Gasteiger partial charge in [-0.2, -0.15) is 5.26 Å². The van der Waals surface area contributed by atoms with Crippen LogP contribution in [-0.4, -0.2) is 22.5 Å². The molecule has 0 aromatic rings. The average molecular weight is 238 g/mol. The van der Waals surface area contributed by atoms with E-state index in [0.29, 0.717) is 11.8 Å². The smallest absolute Gasteiger partial charge is 0.120 e. The summed E-state index contributed by atoms with van der Waals surface area (Å²) >= 11 is 5.48. The number of hydrogen-bond donors (Lipinski definition) is 0. The molecule has 0 radical (unpaired) electrons. The summed E-state index contributed by atoms with van der Waals surface area (Å²) in [5.41, 5.74) is 0. The molecule has 2 atom stereocenters. The summed E-state index contributed by atoms with van der Waals surface area (Å²) in [5.74, 6) is 0.919. The molecule has 1 saturated heterocycles. The number of piperidine rings is 1. The van der Waals surface area contributed by atoms with Crippen molar-refractivity contribution in [3.63, 3.8) is 0 Å². The lowest BCUT2D eigenvalue weighted by Gasteiger charge is -2.39. The normalized spacial score (nSPS) is 23.3. The Bertz CT molecular complexity index is 278. The van der Waals surface area contributed by atoms with Gasteiger partial charge in [-0.1, -0.05) is 45.8 Å². The molecular formula is C13H22N2S. The van der Waals surface area contributed by atoms with Gasteiger partial charge in [-0.25, -0.2) is 0 Å². The largest absolute Gasteiger partial charge is 0.350 e. The van der Waals surface area contributed by atoms with E-state index < -0.39 is 0 Å². The van der Waals surface area contributed by atoms with E-state index in [0.717, 1.165) is 24.4 Å². The molecule has 1 heterocycles. The first-order chi connectivity index (χ1) is 7.65. The molecule has 90 valence electrons. The third kappa shape index (κ3) is 2.74. The van der Waals surface area contributed by atoms with Crippen molar-refractivity contribution in [2.24, 2.45) is 11.8 Å². The van der Waals surface area contributed by atoms with Gasteiger partial charge in [0.15, 0.2) is 0 Å². The highest BCUT2D eigenvalue weighted by molar-refractivity contribution is 7.80. The Labute approximate surface area is 105 Å². The minimum Gasteiger partial charge on any atom is -0.350 e. The molecular weight excluding hydrogens is 216 g/mol. The molecule has 2 unspecified atom stereocenters. The number of nitriles is 1. The zero-order chi connectivity index (χ0) is 12.1. The van der Waals surface area contributed by atoms with Crippen molar-refractivity contribution in [2.75, 3.05) is 6.54 Å². The van der Waals surface area contributed by atoms with E-state index in [1.807, 2.05) is 0 Å². The lowest BCUT2D eigenvalue weighted by Crippen LogP contribution is -2.48. The van der Waals surface area contributed by atoms with Crippen molar-refractivity contribution >= 4 is 17.2 Å². The zero-order valence-corrected chi connectivity index (χ0v) is 11.4. The monoisotopic (exact) mass is 238 g/mol. The van der Waals surface area contributed by atoms with Crippen LogP contribution in [0, 0.1) is 23.2 Å². The third-order valence-corrected chi connectivity index (χ3v) is 4.34. The second-order valence-corrected chi connectivity index (χ2v) is 5.14. The minimum atomic E-state index is -0.00903. The van der Waals surface area contributed by atoms with Crippen LogP contribution >= 0.6 is 12.2 Å². The second-order valence-electron chi connectivity index (χ2n) is 4.73. The highest BCUT2D eigenvalue weighted by atomic mass is 32.1. The summed E-state index contributed by atoms with van der Waals surface area (Å²) in [6, 6.07) is 2.45. The van der Waals surface area contributed by atoms with E-state index in [4.69, 9.17) is 12.2 Å². The quantitative estimate of drug-likeness (QED) is 0.703. The maximum absolute atomic E-state index is 9.36. The molecule has 0 bridgehead atoms. The fourth-order valence-electron chi connectivity index (χ4n) is 2.53. The fraction of sp³-hybridized carbons (Fsp3) is 0.846. The van der Waals surface area contributed by atoms with Crippen molar-refractivity contribution in [3.8, 4) is 6.07 Å². The van der Waals surface area contributed by atoms with Crippen molar-refractivity contribution < 1.29 is 0 Å². The van der Waals surface area contributed by atoms with Crippen molar-refractivity contribution in [1.82, 2.24) is 4.90 Å². The minimum absolute atomic E-state index is 0.00903. The Kier molecular flexibility index (Phi) is 5.21. The first-order valence-electron chi connectivity index (χ1n) is 6.35. The predicted octanol–water partition coefficient (Wildman–Crippen LogP) is 3.37. The van der Waals surface area contributed by atoms with Gasteiger partial charge in [0, 0.05) is 12.5 Å². The summed E-state index contributed by atoms with van der Waals surface area (Å²) in [4.78, 5) is 3.19. The maximum Gasteiger partial charge on any atom is 0.120 e. The van der Waals surface area contributed by atoms with E-state index in [2.05, 4.69) is 31.7 Å². The SMILES string of the molecule is CCC(CC)C(C#N)N1CCCC(C)C1=S. The maximum atomic E-state index is 9.36. The Morgan fingerprint density at radius 2 is 2.12 bits per heavy atom. The van der Waals surface area contributed by atoms with E-state index in [-0.39, 0.29) is 6.04 Å². The molecule has 0 N–H and O–H groups in total. The van der Waals surface area contributed by atoms with Gasteiger partial charge in [0.2, 0.25) is 0 Å². The molecule has 1 rings (SSSR count). The van der Waals surface area contributed by atoms with Gasteiger partial charge in [0.05, 0.1) is 11.1 Å². The summed E-state index contributed by atoms with van der Waals surface area (Å²) in [6.45, 7) is 7.47. The van der Waals surface area contributed by atoms with Crippen LogP contribution in [0.25, 0.3) is 0 Å². The van der Waals surface area contributed by atoms with Crippen LogP contribution in [-0.2, 0) is 0 Å². The molecule has 3 heteroatoms. The van der Waals surface area contributed by atoms with Gasteiger partial charge < -0.3 is 4.90 Å². The van der Waals surface area contributed by atoms with Crippen molar-refractivity contribution in [2.45, 2.75) is 52.5 Å². The molecule has 0 saturated carbocycles. The number of rotatable bonds is 4. The van der Waals surface area contributed by atoms with Crippen LogP contribution in [0.3, 0.4) is 0 Å². The molecule has 1 aliphatic rings. The Morgan fingerprint density at radius 1 is 1.50 bits per heavy atom. The van der Waals surface area contributed by atoms with Gasteiger partial charge in [-0.05, 0) is 18.8 Å². The van der Waals surface area contributed by atoms with E-state index in [1.54, 1.807) is 0 Å². The topological polar surface area (TPSA) is 27.0 Å².